The number of hydrogen-bond donors (Lipinski definition) is 1. The maximum atomic E-state index is 15.0. The van der Waals surface area contributed by atoms with Gasteiger partial charge in [-0.25, -0.2) is 22.4 Å². The van der Waals surface area contributed by atoms with Gasteiger partial charge >= 0.3 is 11.9 Å². The van der Waals surface area contributed by atoms with Gasteiger partial charge in [0.2, 0.25) is 46.2 Å². The minimum atomic E-state index is -2.41. The van der Waals surface area contributed by atoms with Gasteiger partial charge in [-0.05, 0) is 19.1 Å². The zero-order valence-electron chi connectivity index (χ0n) is 21.3. The van der Waals surface area contributed by atoms with Crippen molar-refractivity contribution in [1.82, 2.24) is 9.47 Å². The number of amides is 1. The average molecular weight is 585 g/mol. The third kappa shape index (κ3) is 5.56. The molecule has 1 amide bonds. The number of hydrogen-bond acceptors (Lipinski definition) is 6. The van der Waals surface area contributed by atoms with Crippen LogP contribution in [0.4, 0.5) is 32.0 Å². The van der Waals surface area contributed by atoms with Gasteiger partial charge in [0.1, 0.15) is 11.4 Å². The Kier molecular flexibility index (Phi) is 8.26. The second-order valence-electron chi connectivity index (χ2n) is 9.02. The van der Waals surface area contributed by atoms with Crippen LogP contribution in [0, 0.1) is 34.9 Å². The number of carboxylic acid groups (broad SMARTS) is 1. The minimum absolute atomic E-state index is 0.0849. The number of anilines is 1. The van der Waals surface area contributed by atoms with Crippen LogP contribution in [0.5, 0.6) is 5.75 Å². The summed E-state index contributed by atoms with van der Waals surface area (Å²) in [6.45, 7) is 2.49. The fourth-order valence-corrected chi connectivity index (χ4v) is 4.46. The van der Waals surface area contributed by atoms with E-state index >= 15 is 4.39 Å². The first kappa shape index (κ1) is 29.4. The van der Waals surface area contributed by atoms with Crippen molar-refractivity contribution in [2.45, 2.75) is 26.3 Å². The van der Waals surface area contributed by atoms with Crippen LogP contribution in [-0.2, 0) is 16.1 Å². The van der Waals surface area contributed by atoms with Gasteiger partial charge in [-0.1, -0.05) is 0 Å². The van der Waals surface area contributed by atoms with Crippen LogP contribution in [-0.4, -0.2) is 58.6 Å². The van der Waals surface area contributed by atoms with Crippen molar-refractivity contribution in [3.8, 4) is 5.75 Å². The zero-order valence-corrected chi connectivity index (χ0v) is 21.3. The Bertz CT molecular complexity index is 1610. The van der Waals surface area contributed by atoms with Crippen LogP contribution < -0.4 is 15.1 Å². The summed E-state index contributed by atoms with van der Waals surface area (Å²) in [7, 11) is 0. The fourth-order valence-electron chi connectivity index (χ4n) is 4.46. The lowest BCUT2D eigenvalue weighted by atomic mass is 10.1. The first-order valence-corrected chi connectivity index (χ1v) is 12.2. The van der Waals surface area contributed by atoms with E-state index in [9.17, 15) is 46.2 Å². The number of halogens is 6. The molecule has 2 heterocycles. The molecule has 1 saturated heterocycles. The Morgan fingerprint density at radius 2 is 1.46 bits per heavy atom. The highest BCUT2D eigenvalue weighted by atomic mass is 19.2. The molecule has 9 nitrogen and oxygen atoms in total. The van der Waals surface area contributed by atoms with E-state index in [1.807, 2.05) is 0 Å². The molecule has 15 heteroatoms. The number of carboxylic acids is 1. The lowest BCUT2D eigenvalue weighted by molar-refractivity contribution is -0.139. The van der Waals surface area contributed by atoms with Crippen LogP contribution in [0.1, 0.15) is 30.1 Å². The molecule has 0 radical (unpaired) electrons. The predicted molar refractivity (Wildman–Crippen MR) is 131 cm³/mol. The predicted octanol–water partition coefficient (Wildman–Crippen LogP) is 3.59. The van der Waals surface area contributed by atoms with Gasteiger partial charge in [0.25, 0.3) is 0 Å². The van der Waals surface area contributed by atoms with E-state index in [0.29, 0.717) is 12.1 Å². The molecule has 0 atom stereocenters. The first-order chi connectivity index (χ1) is 19.3. The number of carbonyl (C=O) groups is 3. The number of nitrogens with zero attached hydrogens (tertiary/aromatic N) is 3. The van der Waals surface area contributed by atoms with Gasteiger partial charge in [0.05, 0.1) is 17.6 Å². The van der Waals surface area contributed by atoms with Gasteiger partial charge in [-0.3, -0.25) is 14.4 Å². The van der Waals surface area contributed by atoms with E-state index in [1.54, 1.807) is 11.8 Å². The van der Waals surface area contributed by atoms with Crippen LogP contribution >= 0.6 is 0 Å². The number of aromatic nitrogens is 1. The van der Waals surface area contributed by atoms with E-state index in [0.717, 1.165) is 6.07 Å². The number of carbonyl (C=O) groups excluding carboxylic acids is 2. The van der Waals surface area contributed by atoms with Crippen molar-refractivity contribution < 1.29 is 50.6 Å². The van der Waals surface area contributed by atoms with Crippen LogP contribution in [0.15, 0.2) is 23.1 Å². The molecule has 1 fully saturated rings. The number of esters is 1. The van der Waals surface area contributed by atoms with Gasteiger partial charge in [0, 0.05) is 50.7 Å². The maximum Gasteiger partial charge on any atom is 0.341 e. The van der Waals surface area contributed by atoms with Gasteiger partial charge in [-0.2, -0.15) is 8.78 Å². The van der Waals surface area contributed by atoms with Crippen molar-refractivity contribution in [2.24, 2.45) is 0 Å². The van der Waals surface area contributed by atoms with Gasteiger partial charge in [0.15, 0.2) is 0 Å². The SMILES string of the molecule is CCn1cc(C(=O)O)c(=O)c2cc(F)c(N3CCN(C(=O)CCC(=O)Oc4c(F)c(F)c(F)c(F)c4F)CC3)cc21. The number of fused-ring (bicyclic) bond motifs is 1. The van der Waals surface area contributed by atoms with Crippen molar-refractivity contribution in [1.29, 1.82) is 0 Å². The number of aromatic carboxylic acids is 1. The highest BCUT2D eigenvalue weighted by Gasteiger charge is 2.29. The molecular formula is C26H21F6N3O6. The van der Waals surface area contributed by atoms with E-state index in [-0.39, 0.29) is 37.3 Å². The normalized spacial score (nSPS) is 13.5. The number of benzene rings is 2. The Balaban J connectivity index is 1.40. The Morgan fingerprint density at radius 3 is 2.02 bits per heavy atom. The highest BCUT2D eigenvalue weighted by molar-refractivity contribution is 5.93. The van der Waals surface area contributed by atoms with Crippen LogP contribution in [0.3, 0.4) is 0 Å². The summed E-state index contributed by atoms with van der Waals surface area (Å²) in [5, 5.41) is 9.19. The van der Waals surface area contributed by atoms with Gasteiger partial charge in [-0.15, -0.1) is 0 Å². The van der Waals surface area contributed by atoms with Gasteiger partial charge < -0.3 is 24.2 Å². The third-order valence-corrected chi connectivity index (χ3v) is 6.62. The second-order valence-corrected chi connectivity index (χ2v) is 9.02. The molecule has 4 rings (SSSR count). The quantitative estimate of drug-likeness (QED) is 0.148. The van der Waals surface area contributed by atoms with E-state index < -0.39 is 82.3 Å². The van der Waals surface area contributed by atoms with Crippen molar-refractivity contribution >= 4 is 34.4 Å². The number of rotatable bonds is 7. The molecule has 0 unspecified atom stereocenters. The van der Waals surface area contributed by atoms with Crippen molar-refractivity contribution in [3.63, 3.8) is 0 Å². The van der Waals surface area contributed by atoms with Crippen molar-refractivity contribution in [2.75, 3.05) is 31.1 Å². The summed E-state index contributed by atoms with van der Waals surface area (Å²) >= 11 is 0. The summed E-state index contributed by atoms with van der Waals surface area (Å²) in [5.41, 5.74) is -0.864. The smallest absolute Gasteiger partial charge is 0.341 e. The summed E-state index contributed by atoms with van der Waals surface area (Å²) in [6.07, 6.45) is -0.0277. The second kappa shape index (κ2) is 11.5. The lowest BCUT2D eigenvalue weighted by Crippen LogP contribution is -2.49. The molecule has 1 aliphatic rings. The molecule has 2 aromatic carbocycles. The average Bonchev–Trinajstić information content (AvgIpc) is 2.96. The third-order valence-electron chi connectivity index (χ3n) is 6.62. The highest BCUT2D eigenvalue weighted by Crippen LogP contribution is 2.30. The molecule has 3 aromatic rings. The van der Waals surface area contributed by atoms with Crippen molar-refractivity contribution in [3.05, 3.63) is 69.0 Å². The summed E-state index contributed by atoms with van der Waals surface area (Å²) in [6, 6.07) is 2.40. The minimum Gasteiger partial charge on any atom is -0.477 e. The molecule has 218 valence electrons. The maximum absolute atomic E-state index is 15.0. The Labute approximate surface area is 227 Å². The van der Waals surface area contributed by atoms with Crippen LogP contribution in [0.2, 0.25) is 0 Å². The molecule has 1 aromatic heterocycles. The molecule has 0 bridgehead atoms. The largest absolute Gasteiger partial charge is 0.477 e. The van der Waals surface area contributed by atoms with Crippen LogP contribution in [0.25, 0.3) is 10.9 Å². The topological polar surface area (TPSA) is 109 Å². The fraction of sp³-hybridized carbons (Fsp3) is 0.308. The number of piperazine rings is 1. The molecular weight excluding hydrogens is 564 g/mol. The first-order valence-electron chi connectivity index (χ1n) is 12.2. The molecule has 0 aliphatic carbocycles. The Hall–Kier alpha value is -4.56. The van der Waals surface area contributed by atoms with E-state index in [1.165, 1.54) is 21.7 Å². The number of ether oxygens (including phenoxy) is 1. The molecule has 1 aliphatic heterocycles. The summed E-state index contributed by atoms with van der Waals surface area (Å²) in [4.78, 5) is 51.4. The van der Waals surface area contributed by atoms with E-state index in [2.05, 4.69) is 4.74 Å². The molecule has 0 saturated carbocycles. The molecule has 0 spiro atoms. The number of aryl methyl sites for hydroxylation is 1. The lowest BCUT2D eigenvalue weighted by Gasteiger charge is -2.36. The monoisotopic (exact) mass is 585 g/mol. The summed E-state index contributed by atoms with van der Waals surface area (Å²) in [5.74, 6) is -17.6. The molecule has 1 N–H and O–H groups in total. The Morgan fingerprint density at radius 1 is 0.878 bits per heavy atom. The molecule has 41 heavy (non-hydrogen) atoms. The summed E-state index contributed by atoms with van der Waals surface area (Å²) < 4.78 is 88.0. The van der Waals surface area contributed by atoms with E-state index in [4.69, 9.17) is 0 Å². The zero-order chi connectivity index (χ0) is 30.2. The standard InChI is InChI=1S/C26H21F6N3O6/c1-2-33-11-13(26(39)40)24(38)12-9-14(27)16(10-15(12)33)34-5-7-35(8-6-34)17(36)3-4-18(37)41-25-22(31)20(29)19(28)21(30)23(25)32/h9-11H,2-8H2,1H3,(H,39,40). The number of pyridine rings is 1.